The van der Waals surface area contributed by atoms with Gasteiger partial charge in [-0.3, -0.25) is 9.78 Å². The second-order valence-electron chi connectivity index (χ2n) is 5.48. The maximum atomic E-state index is 13.0. The molecule has 2 rings (SSSR count). The number of fused-ring (bicyclic) bond motifs is 1. The third-order valence-corrected chi connectivity index (χ3v) is 5.39. The van der Waals surface area contributed by atoms with Gasteiger partial charge in [-0.2, -0.15) is 4.31 Å². The van der Waals surface area contributed by atoms with Gasteiger partial charge in [-0.05, 0) is 38.0 Å². The number of benzene rings is 1. The molecule has 0 saturated carbocycles. The molecule has 6 nitrogen and oxygen atoms in total. The average Bonchev–Trinajstić information content (AvgIpc) is 2.53. The summed E-state index contributed by atoms with van der Waals surface area (Å²) in [6.45, 7) is 5.60. The maximum Gasteiger partial charge on any atom is 0.321 e. The van der Waals surface area contributed by atoms with Crippen molar-refractivity contribution >= 4 is 26.9 Å². The van der Waals surface area contributed by atoms with Crippen LogP contribution in [0.4, 0.5) is 0 Å². The Hall–Kier alpha value is -1.99. The lowest BCUT2D eigenvalue weighted by Gasteiger charge is -2.21. The number of nitrogens with zero attached hydrogens (tertiary/aromatic N) is 2. The van der Waals surface area contributed by atoms with Crippen LogP contribution in [0.5, 0.6) is 0 Å². The van der Waals surface area contributed by atoms with Crippen molar-refractivity contribution in [2.75, 3.05) is 19.7 Å². The summed E-state index contributed by atoms with van der Waals surface area (Å²) in [6.07, 6.45) is 2.23. The molecule has 24 heavy (non-hydrogen) atoms. The molecule has 1 aromatic heterocycles. The van der Waals surface area contributed by atoms with E-state index in [1.807, 2.05) is 26.0 Å². The molecule has 1 heterocycles. The van der Waals surface area contributed by atoms with Crippen molar-refractivity contribution in [2.45, 2.75) is 32.1 Å². The molecular weight excluding hydrogens is 328 g/mol. The monoisotopic (exact) mass is 350 g/mol. The van der Waals surface area contributed by atoms with Gasteiger partial charge in [0.2, 0.25) is 10.0 Å². The summed E-state index contributed by atoms with van der Waals surface area (Å²) in [5.74, 6) is -0.557. The first kappa shape index (κ1) is 18.4. The first-order chi connectivity index (χ1) is 11.4. The predicted octanol–water partition coefficient (Wildman–Crippen LogP) is 2.51. The molecule has 0 fully saturated rings. The molecule has 0 radical (unpaired) electrons. The van der Waals surface area contributed by atoms with Gasteiger partial charge in [0.1, 0.15) is 11.4 Å². The fraction of sp³-hybridized carbons (Fsp3) is 0.412. The van der Waals surface area contributed by atoms with Crippen LogP contribution < -0.4 is 0 Å². The molecular formula is C17H22N2O4S. The minimum absolute atomic E-state index is 0.109. The van der Waals surface area contributed by atoms with Gasteiger partial charge < -0.3 is 4.74 Å². The molecule has 0 spiro atoms. The normalized spacial score (nSPS) is 11.8. The Balaban J connectivity index is 2.48. The SMILES string of the molecule is CCCN(CC(=O)OCC)S(=O)(=O)c1cccc2cc(C)cnc12. The topological polar surface area (TPSA) is 76.6 Å². The largest absolute Gasteiger partial charge is 0.465 e. The molecule has 0 aliphatic carbocycles. The number of sulfonamides is 1. The molecule has 0 unspecified atom stereocenters. The zero-order chi connectivity index (χ0) is 17.7. The first-order valence-electron chi connectivity index (χ1n) is 7.91. The Morgan fingerprint density at radius 2 is 2.04 bits per heavy atom. The van der Waals surface area contributed by atoms with Gasteiger partial charge >= 0.3 is 5.97 Å². The molecule has 0 amide bonds. The van der Waals surface area contributed by atoms with E-state index in [1.54, 1.807) is 19.2 Å². The number of rotatable bonds is 7. The van der Waals surface area contributed by atoms with Crippen LogP contribution in [0.25, 0.3) is 10.9 Å². The minimum Gasteiger partial charge on any atom is -0.465 e. The molecule has 1 aromatic carbocycles. The standard InChI is InChI=1S/C17H22N2O4S/c1-4-9-19(12-16(20)23-5-2)24(21,22)15-8-6-7-14-10-13(3)11-18-17(14)15/h6-8,10-11H,4-5,9,12H2,1-3H3. The summed E-state index contributed by atoms with van der Waals surface area (Å²) in [5.41, 5.74) is 1.36. The summed E-state index contributed by atoms with van der Waals surface area (Å²) < 4.78 is 32.1. The van der Waals surface area contributed by atoms with Crippen molar-refractivity contribution in [1.29, 1.82) is 0 Å². The van der Waals surface area contributed by atoms with E-state index in [-0.39, 0.29) is 24.6 Å². The average molecular weight is 350 g/mol. The summed E-state index contributed by atoms with van der Waals surface area (Å²) in [5, 5.41) is 0.753. The van der Waals surface area contributed by atoms with Gasteiger partial charge in [0, 0.05) is 18.1 Å². The van der Waals surface area contributed by atoms with Crippen molar-refractivity contribution in [2.24, 2.45) is 0 Å². The Kier molecular flexibility index (Phi) is 5.90. The highest BCUT2D eigenvalue weighted by molar-refractivity contribution is 7.89. The molecule has 7 heteroatoms. The third-order valence-electron chi connectivity index (χ3n) is 3.51. The summed E-state index contributed by atoms with van der Waals surface area (Å²) >= 11 is 0. The molecule has 0 bridgehead atoms. The van der Waals surface area contributed by atoms with E-state index in [2.05, 4.69) is 4.98 Å². The van der Waals surface area contributed by atoms with E-state index in [4.69, 9.17) is 4.74 Å². The quantitative estimate of drug-likeness (QED) is 0.717. The molecule has 130 valence electrons. The van der Waals surface area contributed by atoms with Crippen LogP contribution in [0.1, 0.15) is 25.8 Å². The number of pyridine rings is 1. The van der Waals surface area contributed by atoms with Crippen LogP contribution in [0.3, 0.4) is 0 Å². The van der Waals surface area contributed by atoms with E-state index in [9.17, 15) is 13.2 Å². The van der Waals surface area contributed by atoms with Crippen molar-refractivity contribution in [1.82, 2.24) is 9.29 Å². The first-order valence-corrected chi connectivity index (χ1v) is 9.35. The Bertz CT molecular complexity index is 834. The lowest BCUT2D eigenvalue weighted by Crippen LogP contribution is -2.37. The molecule has 0 atom stereocenters. The number of ether oxygens (including phenoxy) is 1. The number of hydrogen-bond acceptors (Lipinski definition) is 5. The zero-order valence-electron chi connectivity index (χ0n) is 14.2. The molecule has 0 N–H and O–H groups in total. The van der Waals surface area contributed by atoms with E-state index in [1.165, 1.54) is 6.07 Å². The molecule has 0 aliphatic heterocycles. The molecule has 0 saturated heterocycles. The minimum atomic E-state index is -3.85. The number of hydrogen-bond donors (Lipinski definition) is 0. The predicted molar refractivity (Wildman–Crippen MR) is 92.2 cm³/mol. The van der Waals surface area contributed by atoms with Crippen LogP contribution in [0.15, 0.2) is 35.4 Å². The highest BCUT2D eigenvalue weighted by Crippen LogP contribution is 2.25. The van der Waals surface area contributed by atoms with Crippen LogP contribution in [0.2, 0.25) is 0 Å². The van der Waals surface area contributed by atoms with Gasteiger partial charge in [0.25, 0.3) is 0 Å². The fourth-order valence-corrected chi connectivity index (χ4v) is 4.12. The lowest BCUT2D eigenvalue weighted by molar-refractivity contribution is -0.143. The highest BCUT2D eigenvalue weighted by Gasteiger charge is 2.28. The molecule has 2 aromatic rings. The van der Waals surface area contributed by atoms with Gasteiger partial charge in [0.15, 0.2) is 0 Å². The smallest absolute Gasteiger partial charge is 0.321 e. The van der Waals surface area contributed by atoms with Crippen molar-refractivity contribution in [3.05, 3.63) is 36.0 Å². The Morgan fingerprint density at radius 1 is 1.29 bits per heavy atom. The number of aryl methyl sites for hydroxylation is 1. The van der Waals surface area contributed by atoms with Gasteiger partial charge in [-0.15, -0.1) is 0 Å². The van der Waals surface area contributed by atoms with E-state index in [0.717, 1.165) is 15.3 Å². The Labute approximate surface area is 142 Å². The fourth-order valence-electron chi connectivity index (χ4n) is 2.47. The second kappa shape index (κ2) is 7.72. The number of para-hydroxylation sites is 1. The third kappa shape index (κ3) is 3.91. The van der Waals surface area contributed by atoms with Crippen molar-refractivity contribution < 1.29 is 17.9 Å². The second-order valence-corrected chi connectivity index (χ2v) is 7.39. The van der Waals surface area contributed by atoms with E-state index in [0.29, 0.717) is 11.9 Å². The van der Waals surface area contributed by atoms with Crippen LogP contribution in [0, 0.1) is 6.92 Å². The number of carbonyl (C=O) groups is 1. The van der Waals surface area contributed by atoms with Crippen LogP contribution in [-0.4, -0.2) is 43.4 Å². The van der Waals surface area contributed by atoms with Crippen LogP contribution in [-0.2, 0) is 19.6 Å². The number of aromatic nitrogens is 1. The highest BCUT2D eigenvalue weighted by atomic mass is 32.2. The number of carbonyl (C=O) groups excluding carboxylic acids is 1. The van der Waals surface area contributed by atoms with Crippen molar-refractivity contribution in [3.8, 4) is 0 Å². The maximum absolute atomic E-state index is 13.0. The van der Waals surface area contributed by atoms with Gasteiger partial charge in [0.05, 0.1) is 12.1 Å². The van der Waals surface area contributed by atoms with E-state index >= 15 is 0 Å². The summed E-state index contributed by atoms with van der Waals surface area (Å²) in [6, 6.07) is 6.92. The number of esters is 1. The Morgan fingerprint density at radius 3 is 2.71 bits per heavy atom. The summed E-state index contributed by atoms with van der Waals surface area (Å²) in [4.78, 5) is 16.2. The van der Waals surface area contributed by atoms with Gasteiger partial charge in [-0.1, -0.05) is 19.1 Å². The molecule has 0 aliphatic rings. The lowest BCUT2D eigenvalue weighted by atomic mass is 10.2. The van der Waals surface area contributed by atoms with Gasteiger partial charge in [-0.25, -0.2) is 8.42 Å². The summed E-state index contributed by atoms with van der Waals surface area (Å²) in [7, 11) is -3.85. The zero-order valence-corrected chi connectivity index (χ0v) is 15.0. The van der Waals surface area contributed by atoms with Crippen LogP contribution >= 0.6 is 0 Å². The van der Waals surface area contributed by atoms with Crippen molar-refractivity contribution in [3.63, 3.8) is 0 Å². The van der Waals surface area contributed by atoms with E-state index < -0.39 is 16.0 Å².